The number of rotatable bonds is 4. The number of hydrogen-bond acceptors (Lipinski definition) is 3. The standard InChI is InChI=1S/C15H21NO2/c1-12-6-5-7-13(2)14(12)15(17)18-11-10-16-8-3-4-9-16/h5-7H,3-4,8-11H2,1-2H3. The number of carbonyl (C=O) groups is 1. The van der Waals surface area contributed by atoms with Crippen molar-refractivity contribution in [2.24, 2.45) is 0 Å². The van der Waals surface area contributed by atoms with Gasteiger partial charge in [0.05, 0.1) is 5.56 Å². The lowest BCUT2D eigenvalue weighted by molar-refractivity contribution is 0.0470. The van der Waals surface area contributed by atoms with Gasteiger partial charge in [0.2, 0.25) is 0 Å². The zero-order valence-electron chi connectivity index (χ0n) is 11.2. The molecule has 1 saturated heterocycles. The van der Waals surface area contributed by atoms with Crippen LogP contribution in [-0.4, -0.2) is 37.1 Å². The van der Waals surface area contributed by atoms with Crippen molar-refractivity contribution in [1.29, 1.82) is 0 Å². The largest absolute Gasteiger partial charge is 0.461 e. The third-order valence-corrected chi connectivity index (χ3v) is 3.52. The maximum atomic E-state index is 12.0. The third kappa shape index (κ3) is 3.10. The second-order valence-corrected chi connectivity index (χ2v) is 4.95. The molecule has 0 radical (unpaired) electrons. The Kier molecular flexibility index (Phi) is 4.37. The fourth-order valence-electron chi connectivity index (χ4n) is 2.48. The molecular weight excluding hydrogens is 226 g/mol. The lowest BCUT2D eigenvalue weighted by atomic mass is 10.0. The average molecular weight is 247 g/mol. The number of aryl methyl sites for hydroxylation is 2. The van der Waals surface area contributed by atoms with Crippen LogP contribution in [0.5, 0.6) is 0 Å². The summed E-state index contributed by atoms with van der Waals surface area (Å²) in [4.78, 5) is 14.4. The predicted molar refractivity (Wildman–Crippen MR) is 71.9 cm³/mol. The van der Waals surface area contributed by atoms with Crippen LogP contribution >= 0.6 is 0 Å². The molecule has 0 spiro atoms. The highest BCUT2D eigenvalue weighted by Gasteiger charge is 2.15. The first-order chi connectivity index (χ1) is 8.68. The van der Waals surface area contributed by atoms with Crippen molar-refractivity contribution >= 4 is 5.97 Å². The summed E-state index contributed by atoms with van der Waals surface area (Å²) in [5.74, 6) is -0.190. The van der Waals surface area contributed by atoms with Crippen molar-refractivity contribution in [3.63, 3.8) is 0 Å². The number of ether oxygens (including phenoxy) is 1. The molecule has 0 aliphatic carbocycles. The minimum atomic E-state index is -0.190. The molecule has 1 aromatic rings. The van der Waals surface area contributed by atoms with Gasteiger partial charge in [-0.05, 0) is 50.9 Å². The molecule has 0 N–H and O–H groups in total. The number of benzene rings is 1. The van der Waals surface area contributed by atoms with Gasteiger partial charge in [-0.2, -0.15) is 0 Å². The lowest BCUT2D eigenvalue weighted by Gasteiger charge is -2.15. The van der Waals surface area contributed by atoms with Gasteiger partial charge < -0.3 is 4.74 Å². The summed E-state index contributed by atoms with van der Waals surface area (Å²) in [7, 11) is 0. The molecule has 0 amide bonds. The van der Waals surface area contributed by atoms with E-state index in [-0.39, 0.29) is 5.97 Å². The quantitative estimate of drug-likeness (QED) is 0.766. The van der Waals surface area contributed by atoms with Gasteiger partial charge in [-0.1, -0.05) is 18.2 Å². The minimum absolute atomic E-state index is 0.190. The summed E-state index contributed by atoms with van der Waals surface area (Å²) >= 11 is 0. The second-order valence-electron chi connectivity index (χ2n) is 4.95. The van der Waals surface area contributed by atoms with Crippen molar-refractivity contribution in [3.8, 4) is 0 Å². The summed E-state index contributed by atoms with van der Waals surface area (Å²) < 4.78 is 5.37. The lowest BCUT2D eigenvalue weighted by Crippen LogP contribution is -2.25. The van der Waals surface area contributed by atoms with E-state index in [9.17, 15) is 4.79 Å². The van der Waals surface area contributed by atoms with Gasteiger partial charge in [0, 0.05) is 6.54 Å². The van der Waals surface area contributed by atoms with E-state index in [1.807, 2.05) is 32.0 Å². The van der Waals surface area contributed by atoms with Gasteiger partial charge in [0.15, 0.2) is 0 Å². The molecule has 1 aliphatic rings. The van der Waals surface area contributed by atoms with E-state index in [1.54, 1.807) is 0 Å². The van der Waals surface area contributed by atoms with Crippen molar-refractivity contribution in [2.45, 2.75) is 26.7 Å². The maximum Gasteiger partial charge on any atom is 0.338 e. The summed E-state index contributed by atoms with van der Waals surface area (Å²) in [6, 6.07) is 5.86. The molecule has 2 rings (SSSR count). The zero-order valence-corrected chi connectivity index (χ0v) is 11.2. The van der Waals surface area contributed by atoms with E-state index >= 15 is 0 Å². The third-order valence-electron chi connectivity index (χ3n) is 3.52. The number of likely N-dealkylation sites (tertiary alicyclic amines) is 1. The molecule has 0 saturated carbocycles. The summed E-state index contributed by atoms with van der Waals surface area (Å²) in [5, 5.41) is 0. The fourth-order valence-corrected chi connectivity index (χ4v) is 2.48. The van der Waals surface area contributed by atoms with Crippen LogP contribution in [0.3, 0.4) is 0 Å². The van der Waals surface area contributed by atoms with E-state index in [0.717, 1.165) is 36.3 Å². The molecule has 1 aliphatic heterocycles. The van der Waals surface area contributed by atoms with Crippen LogP contribution in [0.1, 0.15) is 34.3 Å². The van der Waals surface area contributed by atoms with Gasteiger partial charge in [-0.3, -0.25) is 4.90 Å². The van der Waals surface area contributed by atoms with E-state index < -0.39 is 0 Å². The molecule has 1 aromatic carbocycles. The fraction of sp³-hybridized carbons (Fsp3) is 0.533. The van der Waals surface area contributed by atoms with Crippen LogP contribution in [0.15, 0.2) is 18.2 Å². The Morgan fingerprint density at radius 2 is 1.83 bits per heavy atom. The molecule has 0 unspecified atom stereocenters. The summed E-state index contributed by atoms with van der Waals surface area (Å²) in [6.07, 6.45) is 2.54. The van der Waals surface area contributed by atoms with Crippen molar-refractivity contribution in [2.75, 3.05) is 26.2 Å². The Morgan fingerprint density at radius 1 is 1.22 bits per heavy atom. The first-order valence-corrected chi connectivity index (χ1v) is 6.64. The van der Waals surface area contributed by atoms with Crippen LogP contribution in [0.4, 0.5) is 0 Å². The van der Waals surface area contributed by atoms with Gasteiger partial charge in [0.25, 0.3) is 0 Å². The Bertz CT molecular complexity index is 402. The Morgan fingerprint density at radius 3 is 2.44 bits per heavy atom. The number of nitrogens with zero attached hydrogens (tertiary/aromatic N) is 1. The first kappa shape index (κ1) is 13.1. The Labute approximate surface area is 109 Å². The van der Waals surface area contributed by atoms with Gasteiger partial charge >= 0.3 is 5.97 Å². The zero-order chi connectivity index (χ0) is 13.0. The molecule has 98 valence electrons. The molecule has 1 fully saturated rings. The molecular formula is C15H21NO2. The Hall–Kier alpha value is -1.35. The van der Waals surface area contributed by atoms with E-state index in [2.05, 4.69) is 4.90 Å². The monoisotopic (exact) mass is 247 g/mol. The summed E-state index contributed by atoms with van der Waals surface area (Å²) in [5.41, 5.74) is 2.70. The van der Waals surface area contributed by atoms with Crippen LogP contribution in [0, 0.1) is 13.8 Å². The molecule has 0 atom stereocenters. The Balaban J connectivity index is 1.87. The summed E-state index contributed by atoms with van der Waals surface area (Å²) in [6.45, 7) is 7.53. The van der Waals surface area contributed by atoms with Gasteiger partial charge in [-0.25, -0.2) is 4.79 Å². The van der Waals surface area contributed by atoms with Gasteiger partial charge in [-0.15, -0.1) is 0 Å². The number of hydrogen-bond donors (Lipinski definition) is 0. The smallest absolute Gasteiger partial charge is 0.338 e. The number of esters is 1. The maximum absolute atomic E-state index is 12.0. The van der Waals surface area contributed by atoms with E-state index in [1.165, 1.54) is 12.8 Å². The molecule has 3 nitrogen and oxygen atoms in total. The molecule has 0 bridgehead atoms. The highest BCUT2D eigenvalue weighted by atomic mass is 16.5. The topological polar surface area (TPSA) is 29.5 Å². The highest BCUT2D eigenvalue weighted by Crippen LogP contribution is 2.14. The highest BCUT2D eigenvalue weighted by molar-refractivity contribution is 5.92. The first-order valence-electron chi connectivity index (χ1n) is 6.64. The van der Waals surface area contributed by atoms with Crippen molar-refractivity contribution in [3.05, 3.63) is 34.9 Å². The molecule has 3 heteroatoms. The van der Waals surface area contributed by atoms with Crippen molar-refractivity contribution in [1.82, 2.24) is 4.90 Å². The minimum Gasteiger partial charge on any atom is -0.461 e. The van der Waals surface area contributed by atoms with Crippen LogP contribution in [-0.2, 0) is 4.74 Å². The van der Waals surface area contributed by atoms with Gasteiger partial charge in [0.1, 0.15) is 6.61 Å². The number of carbonyl (C=O) groups excluding carboxylic acids is 1. The van der Waals surface area contributed by atoms with Crippen LogP contribution < -0.4 is 0 Å². The van der Waals surface area contributed by atoms with E-state index in [0.29, 0.717) is 6.61 Å². The van der Waals surface area contributed by atoms with E-state index in [4.69, 9.17) is 4.74 Å². The SMILES string of the molecule is Cc1cccc(C)c1C(=O)OCCN1CCCC1. The van der Waals surface area contributed by atoms with Crippen molar-refractivity contribution < 1.29 is 9.53 Å². The molecule has 18 heavy (non-hydrogen) atoms. The normalized spacial score (nSPS) is 15.9. The predicted octanol–water partition coefficient (Wildman–Crippen LogP) is 2.56. The van der Waals surface area contributed by atoms with Crippen LogP contribution in [0.25, 0.3) is 0 Å². The molecule has 1 heterocycles. The van der Waals surface area contributed by atoms with Crippen LogP contribution in [0.2, 0.25) is 0 Å². The second kappa shape index (κ2) is 6.01. The average Bonchev–Trinajstić information content (AvgIpc) is 2.82. The molecule has 0 aromatic heterocycles.